The summed E-state index contributed by atoms with van der Waals surface area (Å²) in [6.45, 7) is 8.67. The quantitative estimate of drug-likeness (QED) is 0.737. The highest BCUT2D eigenvalue weighted by molar-refractivity contribution is 9.10. The second-order valence-electron chi connectivity index (χ2n) is 4.58. The Hall–Kier alpha value is -0.500. The van der Waals surface area contributed by atoms with Crippen molar-refractivity contribution in [1.82, 2.24) is 0 Å². The third kappa shape index (κ3) is 2.30. The molecule has 14 heavy (non-hydrogen) atoms. The topological polar surface area (TPSA) is 9.23 Å². The van der Waals surface area contributed by atoms with E-state index in [0.717, 1.165) is 10.2 Å². The summed E-state index contributed by atoms with van der Waals surface area (Å²) in [7, 11) is 1.71. The molecule has 2 heteroatoms. The molecule has 1 aromatic carbocycles. The Morgan fingerprint density at radius 2 is 1.79 bits per heavy atom. The van der Waals surface area contributed by atoms with Crippen LogP contribution in [0.2, 0.25) is 0 Å². The fourth-order valence-corrected chi connectivity index (χ4v) is 2.23. The van der Waals surface area contributed by atoms with Gasteiger partial charge in [0.1, 0.15) is 5.75 Å². The molecule has 0 amide bonds. The standard InChI is InChI=1S/C12H17BrO/c1-8-6-9(12(2,3)4)11(14-5)10(13)7-8/h6-7H,1-5H3. The van der Waals surface area contributed by atoms with Gasteiger partial charge in [0, 0.05) is 5.56 Å². The summed E-state index contributed by atoms with van der Waals surface area (Å²) in [5.41, 5.74) is 2.61. The number of methoxy groups -OCH3 is 1. The fraction of sp³-hybridized carbons (Fsp3) is 0.500. The zero-order valence-electron chi connectivity index (χ0n) is 9.44. The molecule has 0 fully saturated rings. The van der Waals surface area contributed by atoms with E-state index in [4.69, 9.17) is 4.74 Å². The Kier molecular flexibility index (Phi) is 3.25. The van der Waals surface area contributed by atoms with Gasteiger partial charge in [-0.15, -0.1) is 0 Å². The zero-order chi connectivity index (χ0) is 10.9. The number of ether oxygens (including phenoxy) is 1. The van der Waals surface area contributed by atoms with E-state index < -0.39 is 0 Å². The molecule has 0 aromatic heterocycles. The van der Waals surface area contributed by atoms with Crippen molar-refractivity contribution in [2.24, 2.45) is 0 Å². The van der Waals surface area contributed by atoms with Gasteiger partial charge in [-0.05, 0) is 39.9 Å². The van der Waals surface area contributed by atoms with Crippen molar-refractivity contribution in [3.05, 3.63) is 27.7 Å². The first-order valence-corrected chi connectivity index (χ1v) is 5.50. The maximum Gasteiger partial charge on any atom is 0.136 e. The molecule has 0 N–H and O–H groups in total. The molecule has 1 aromatic rings. The molecule has 0 heterocycles. The van der Waals surface area contributed by atoms with Crippen molar-refractivity contribution in [3.63, 3.8) is 0 Å². The fourth-order valence-electron chi connectivity index (χ4n) is 1.49. The van der Waals surface area contributed by atoms with E-state index in [1.165, 1.54) is 11.1 Å². The highest BCUT2D eigenvalue weighted by Crippen LogP contribution is 2.37. The lowest BCUT2D eigenvalue weighted by atomic mass is 9.85. The Labute approximate surface area is 94.6 Å². The highest BCUT2D eigenvalue weighted by atomic mass is 79.9. The Balaban J connectivity index is 3.40. The van der Waals surface area contributed by atoms with Gasteiger partial charge in [0.15, 0.2) is 0 Å². The average Bonchev–Trinajstić information content (AvgIpc) is 2.01. The monoisotopic (exact) mass is 256 g/mol. The average molecular weight is 257 g/mol. The zero-order valence-corrected chi connectivity index (χ0v) is 11.0. The van der Waals surface area contributed by atoms with E-state index in [1.807, 2.05) is 0 Å². The van der Waals surface area contributed by atoms with Crippen molar-refractivity contribution < 1.29 is 4.74 Å². The number of rotatable bonds is 1. The van der Waals surface area contributed by atoms with Crippen LogP contribution in [0.1, 0.15) is 31.9 Å². The molecule has 0 saturated carbocycles. The van der Waals surface area contributed by atoms with Gasteiger partial charge in [-0.1, -0.05) is 26.8 Å². The molecule has 78 valence electrons. The summed E-state index contributed by atoms with van der Waals surface area (Å²) in [4.78, 5) is 0. The van der Waals surface area contributed by atoms with E-state index in [9.17, 15) is 0 Å². The molecule has 0 saturated heterocycles. The van der Waals surface area contributed by atoms with Crippen molar-refractivity contribution in [1.29, 1.82) is 0 Å². The van der Waals surface area contributed by atoms with Crippen LogP contribution < -0.4 is 4.74 Å². The van der Waals surface area contributed by atoms with Gasteiger partial charge in [0.25, 0.3) is 0 Å². The summed E-state index contributed by atoms with van der Waals surface area (Å²) < 4.78 is 6.44. The number of hydrogen-bond acceptors (Lipinski definition) is 1. The van der Waals surface area contributed by atoms with Gasteiger partial charge in [-0.2, -0.15) is 0 Å². The second kappa shape index (κ2) is 3.93. The molecular formula is C12H17BrO. The van der Waals surface area contributed by atoms with Crippen LogP contribution in [-0.2, 0) is 5.41 Å². The first kappa shape index (κ1) is 11.6. The van der Waals surface area contributed by atoms with E-state index in [1.54, 1.807) is 7.11 Å². The van der Waals surface area contributed by atoms with Gasteiger partial charge in [0.2, 0.25) is 0 Å². The molecule has 0 spiro atoms. The predicted octanol–water partition coefficient (Wildman–Crippen LogP) is 4.06. The van der Waals surface area contributed by atoms with Crippen molar-refractivity contribution in [2.45, 2.75) is 33.1 Å². The first-order valence-electron chi connectivity index (χ1n) is 4.71. The van der Waals surface area contributed by atoms with Gasteiger partial charge in [-0.3, -0.25) is 0 Å². The van der Waals surface area contributed by atoms with E-state index in [0.29, 0.717) is 0 Å². The van der Waals surface area contributed by atoms with Gasteiger partial charge >= 0.3 is 0 Å². The van der Waals surface area contributed by atoms with Gasteiger partial charge < -0.3 is 4.74 Å². The van der Waals surface area contributed by atoms with Crippen LogP contribution in [0.4, 0.5) is 0 Å². The van der Waals surface area contributed by atoms with E-state index in [2.05, 4.69) is 55.8 Å². The van der Waals surface area contributed by atoms with Crippen molar-refractivity contribution in [2.75, 3.05) is 7.11 Å². The normalized spacial score (nSPS) is 11.6. The third-order valence-corrected chi connectivity index (χ3v) is 2.79. The Morgan fingerprint density at radius 3 is 2.21 bits per heavy atom. The third-order valence-electron chi connectivity index (χ3n) is 2.20. The van der Waals surface area contributed by atoms with Gasteiger partial charge in [0.05, 0.1) is 11.6 Å². The Bertz CT molecular complexity index is 337. The minimum absolute atomic E-state index is 0.111. The maximum atomic E-state index is 5.41. The van der Waals surface area contributed by atoms with Crippen LogP contribution in [0.5, 0.6) is 5.75 Å². The summed E-state index contributed by atoms with van der Waals surface area (Å²) in [5.74, 6) is 0.947. The number of halogens is 1. The number of hydrogen-bond donors (Lipinski definition) is 0. The molecule has 0 radical (unpaired) electrons. The molecular weight excluding hydrogens is 240 g/mol. The first-order chi connectivity index (χ1) is 6.36. The molecule has 0 bridgehead atoms. The smallest absolute Gasteiger partial charge is 0.136 e. The van der Waals surface area contributed by atoms with Gasteiger partial charge in [-0.25, -0.2) is 0 Å². The summed E-state index contributed by atoms with van der Waals surface area (Å²) >= 11 is 3.53. The lowest BCUT2D eigenvalue weighted by Gasteiger charge is -2.23. The van der Waals surface area contributed by atoms with Crippen molar-refractivity contribution in [3.8, 4) is 5.75 Å². The van der Waals surface area contributed by atoms with Crippen LogP contribution in [-0.4, -0.2) is 7.11 Å². The minimum atomic E-state index is 0.111. The van der Waals surface area contributed by atoms with E-state index >= 15 is 0 Å². The molecule has 0 aliphatic heterocycles. The maximum absolute atomic E-state index is 5.41. The number of benzene rings is 1. The minimum Gasteiger partial charge on any atom is -0.495 e. The van der Waals surface area contributed by atoms with E-state index in [-0.39, 0.29) is 5.41 Å². The van der Waals surface area contributed by atoms with Crippen LogP contribution >= 0.6 is 15.9 Å². The van der Waals surface area contributed by atoms with Crippen LogP contribution in [0, 0.1) is 6.92 Å². The van der Waals surface area contributed by atoms with Crippen molar-refractivity contribution >= 4 is 15.9 Å². The summed E-state index contributed by atoms with van der Waals surface area (Å²) in [5, 5.41) is 0. The van der Waals surface area contributed by atoms with Crippen LogP contribution in [0.3, 0.4) is 0 Å². The molecule has 1 nitrogen and oxygen atoms in total. The lowest BCUT2D eigenvalue weighted by molar-refractivity contribution is 0.394. The second-order valence-corrected chi connectivity index (χ2v) is 5.43. The molecule has 0 unspecified atom stereocenters. The molecule has 0 aliphatic carbocycles. The summed E-state index contributed by atoms with van der Waals surface area (Å²) in [6.07, 6.45) is 0. The highest BCUT2D eigenvalue weighted by Gasteiger charge is 2.20. The van der Waals surface area contributed by atoms with Crippen LogP contribution in [0.25, 0.3) is 0 Å². The Morgan fingerprint density at radius 1 is 1.21 bits per heavy atom. The number of aryl methyl sites for hydroxylation is 1. The van der Waals surface area contributed by atoms with Crippen LogP contribution in [0.15, 0.2) is 16.6 Å². The molecule has 0 aliphatic rings. The largest absolute Gasteiger partial charge is 0.495 e. The lowest BCUT2D eigenvalue weighted by Crippen LogP contribution is -2.13. The molecule has 1 rings (SSSR count). The molecule has 0 atom stereocenters. The summed E-state index contributed by atoms with van der Waals surface area (Å²) in [6, 6.07) is 4.26. The SMILES string of the molecule is COc1c(Br)cc(C)cc1C(C)(C)C. The predicted molar refractivity (Wildman–Crippen MR) is 64.1 cm³/mol.